The zero-order valence-electron chi connectivity index (χ0n) is 12.8. The lowest BCUT2D eigenvalue weighted by Gasteiger charge is -2.07. The van der Waals surface area contributed by atoms with Crippen molar-refractivity contribution in [2.75, 3.05) is 0 Å². The van der Waals surface area contributed by atoms with Crippen molar-refractivity contribution in [1.29, 1.82) is 0 Å². The van der Waals surface area contributed by atoms with Gasteiger partial charge in [-0.05, 0) is 36.8 Å². The van der Waals surface area contributed by atoms with Gasteiger partial charge in [-0.25, -0.2) is 0 Å². The minimum Gasteiger partial charge on any atom is -0.425 e. The molecular formula is C17H14ClNO5. The first kappa shape index (κ1) is 17.6. The number of ether oxygens (including phenoxy) is 1. The van der Waals surface area contributed by atoms with Gasteiger partial charge < -0.3 is 4.74 Å². The van der Waals surface area contributed by atoms with Crippen molar-refractivity contribution in [2.45, 2.75) is 19.8 Å². The van der Waals surface area contributed by atoms with E-state index in [-0.39, 0.29) is 28.7 Å². The number of carbonyl (C=O) groups is 2. The molecule has 124 valence electrons. The first-order chi connectivity index (χ1) is 11.4. The largest absolute Gasteiger partial charge is 0.425 e. The van der Waals surface area contributed by atoms with E-state index in [9.17, 15) is 19.7 Å². The van der Waals surface area contributed by atoms with Crippen LogP contribution in [0.3, 0.4) is 0 Å². The second-order valence-electron chi connectivity index (χ2n) is 5.00. The first-order valence-corrected chi connectivity index (χ1v) is 7.59. The zero-order valence-corrected chi connectivity index (χ0v) is 13.6. The normalized spacial score (nSPS) is 10.2. The third-order valence-corrected chi connectivity index (χ3v) is 3.51. The number of benzene rings is 2. The van der Waals surface area contributed by atoms with Crippen LogP contribution in [-0.2, 0) is 4.79 Å². The lowest BCUT2D eigenvalue weighted by atomic mass is 10.0. The van der Waals surface area contributed by atoms with Gasteiger partial charge in [-0.15, -0.1) is 0 Å². The summed E-state index contributed by atoms with van der Waals surface area (Å²) in [5, 5.41) is 10.8. The number of hydrogen-bond donors (Lipinski definition) is 0. The predicted molar refractivity (Wildman–Crippen MR) is 88.5 cm³/mol. The molecular weight excluding hydrogens is 334 g/mol. The van der Waals surface area contributed by atoms with Gasteiger partial charge in [0.25, 0.3) is 5.69 Å². The van der Waals surface area contributed by atoms with E-state index >= 15 is 0 Å². The summed E-state index contributed by atoms with van der Waals surface area (Å²) in [5.41, 5.74) is 0.499. The molecule has 2 aromatic rings. The Balaban J connectivity index is 2.19. The summed E-state index contributed by atoms with van der Waals surface area (Å²) in [6.45, 7) is 1.86. The minimum absolute atomic E-state index is 0.0947. The third kappa shape index (κ3) is 4.17. The van der Waals surface area contributed by atoms with Gasteiger partial charge in [0.1, 0.15) is 5.75 Å². The van der Waals surface area contributed by atoms with Crippen molar-refractivity contribution >= 4 is 29.0 Å². The second-order valence-corrected chi connectivity index (χ2v) is 5.41. The molecule has 0 fully saturated rings. The molecule has 0 bridgehead atoms. The number of nitro groups is 1. The molecule has 0 amide bonds. The van der Waals surface area contributed by atoms with E-state index in [4.69, 9.17) is 16.3 Å². The van der Waals surface area contributed by atoms with Gasteiger partial charge in [0.15, 0.2) is 5.78 Å². The van der Waals surface area contributed by atoms with Crippen LogP contribution < -0.4 is 4.74 Å². The molecule has 6 nitrogen and oxygen atoms in total. The summed E-state index contributed by atoms with van der Waals surface area (Å²) >= 11 is 6.05. The average molecular weight is 348 g/mol. The molecule has 2 rings (SSSR count). The molecule has 0 heterocycles. The highest BCUT2D eigenvalue weighted by Gasteiger charge is 2.15. The third-order valence-electron chi connectivity index (χ3n) is 3.21. The Hall–Kier alpha value is -2.73. The highest BCUT2D eigenvalue weighted by atomic mass is 35.5. The van der Waals surface area contributed by atoms with Crippen LogP contribution in [0.15, 0.2) is 42.5 Å². The van der Waals surface area contributed by atoms with Gasteiger partial charge in [0.05, 0.1) is 9.95 Å². The number of halogens is 1. The Labute approximate surface area is 143 Å². The highest BCUT2D eigenvalue weighted by molar-refractivity contribution is 6.32. The van der Waals surface area contributed by atoms with E-state index in [1.807, 2.05) is 6.92 Å². The summed E-state index contributed by atoms with van der Waals surface area (Å²) in [7, 11) is 0. The van der Waals surface area contributed by atoms with Crippen molar-refractivity contribution in [1.82, 2.24) is 0 Å². The van der Waals surface area contributed by atoms with Crippen LogP contribution in [0.1, 0.15) is 35.7 Å². The fourth-order valence-electron chi connectivity index (χ4n) is 2.00. The van der Waals surface area contributed by atoms with Gasteiger partial charge in [-0.2, -0.15) is 0 Å². The van der Waals surface area contributed by atoms with Crippen LogP contribution in [0.4, 0.5) is 5.69 Å². The molecule has 2 aromatic carbocycles. The second kappa shape index (κ2) is 7.70. The lowest BCUT2D eigenvalue weighted by Crippen LogP contribution is -2.08. The number of non-ortho nitro benzene ring substituents is 1. The zero-order chi connectivity index (χ0) is 17.7. The van der Waals surface area contributed by atoms with Crippen LogP contribution in [0, 0.1) is 10.1 Å². The monoisotopic (exact) mass is 347 g/mol. The Morgan fingerprint density at radius 1 is 1.12 bits per heavy atom. The Kier molecular flexibility index (Phi) is 5.65. The number of nitro benzene ring substituents is 1. The molecule has 24 heavy (non-hydrogen) atoms. The molecule has 0 unspecified atom stereocenters. The van der Waals surface area contributed by atoms with Crippen molar-refractivity contribution in [2.24, 2.45) is 0 Å². The van der Waals surface area contributed by atoms with Gasteiger partial charge in [-0.3, -0.25) is 19.7 Å². The minimum atomic E-state index is -0.537. The lowest BCUT2D eigenvalue weighted by molar-refractivity contribution is -0.384. The van der Waals surface area contributed by atoms with E-state index in [1.165, 1.54) is 42.5 Å². The molecule has 0 aliphatic heterocycles. The molecule has 7 heteroatoms. The molecule has 0 N–H and O–H groups in total. The topological polar surface area (TPSA) is 86.5 Å². The highest BCUT2D eigenvalue weighted by Crippen LogP contribution is 2.27. The maximum atomic E-state index is 12.4. The number of esters is 1. The summed E-state index contributed by atoms with van der Waals surface area (Å²) in [5.74, 6) is -0.539. The van der Waals surface area contributed by atoms with E-state index in [2.05, 4.69) is 0 Å². The number of rotatable bonds is 6. The molecule has 0 spiro atoms. The van der Waals surface area contributed by atoms with Crippen LogP contribution in [-0.4, -0.2) is 16.7 Å². The van der Waals surface area contributed by atoms with Crippen molar-refractivity contribution < 1.29 is 19.2 Å². The van der Waals surface area contributed by atoms with Crippen LogP contribution >= 0.6 is 11.6 Å². The fourth-order valence-corrected chi connectivity index (χ4v) is 2.22. The summed E-state index contributed by atoms with van der Waals surface area (Å²) in [6, 6.07) is 9.62. The van der Waals surface area contributed by atoms with Crippen molar-refractivity contribution in [3.63, 3.8) is 0 Å². The summed E-state index contributed by atoms with van der Waals surface area (Å²) in [6.07, 6.45) is 0.937. The maximum absolute atomic E-state index is 12.4. The van der Waals surface area contributed by atoms with E-state index in [0.717, 1.165) is 0 Å². The van der Waals surface area contributed by atoms with Crippen LogP contribution in [0.2, 0.25) is 5.02 Å². The smallest absolute Gasteiger partial charge is 0.311 e. The average Bonchev–Trinajstić information content (AvgIpc) is 2.56. The van der Waals surface area contributed by atoms with E-state index in [0.29, 0.717) is 17.5 Å². The predicted octanol–water partition coefficient (Wildman–Crippen LogP) is 4.18. The summed E-state index contributed by atoms with van der Waals surface area (Å²) in [4.78, 5) is 34.0. The molecule has 0 aliphatic carbocycles. The Morgan fingerprint density at radius 3 is 2.29 bits per heavy atom. The van der Waals surface area contributed by atoms with E-state index < -0.39 is 10.9 Å². The number of carbonyl (C=O) groups excluding carboxylic acids is 2. The quantitative estimate of drug-likeness (QED) is 0.257. The maximum Gasteiger partial charge on any atom is 0.311 e. The van der Waals surface area contributed by atoms with Gasteiger partial charge >= 0.3 is 5.97 Å². The molecule has 0 saturated heterocycles. The SMILES string of the molecule is CCCC(=O)Oc1ccc(C(=O)c2ccc([N+](=O)[O-])cc2)cc1Cl. The fraction of sp³-hybridized carbons (Fsp3) is 0.176. The molecule has 0 saturated carbocycles. The van der Waals surface area contributed by atoms with E-state index in [1.54, 1.807) is 0 Å². The molecule has 0 atom stereocenters. The van der Waals surface area contributed by atoms with Gasteiger partial charge in [0.2, 0.25) is 0 Å². The number of hydrogen-bond acceptors (Lipinski definition) is 5. The Morgan fingerprint density at radius 2 is 1.75 bits per heavy atom. The number of ketones is 1. The van der Waals surface area contributed by atoms with Crippen LogP contribution in [0.5, 0.6) is 5.75 Å². The van der Waals surface area contributed by atoms with Gasteiger partial charge in [0, 0.05) is 29.7 Å². The van der Waals surface area contributed by atoms with Crippen molar-refractivity contribution in [3.05, 3.63) is 68.7 Å². The van der Waals surface area contributed by atoms with Crippen LogP contribution in [0.25, 0.3) is 0 Å². The van der Waals surface area contributed by atoms with Gasteiger partial charge in [-0.1, -0.05) is 18.5 Å². The van der Waals surface area contributed by atoms with Crippen molar-refractivity contribution in [3.8, 4) is 5.75 Å². The summed E-state index contributed by atoms with van der Waals surface area (Å²) < 4.78 is 5.11. The molecule has 0 radical (unpaired) electrons. The number of nitrogens with zero attached hydrogens (tertiary/aromatic N) is 1. The first-order valence-electron chi connectivity index (χ1n) is 7.21. The molecule has 0 aromatic heterocycles. The standard InChI is InChI=1S/C17H14ClNO5/c1-2-3-16(20)24-15-9-6-12(10-14(15)18)17(21)11-4-7-13(8-5-11)19(22)23/h4-10H,2-3H2,1H3. The Bertz CT molecular complexity index is 786. The molecule has 0 aliphatic rings.